The summed E-state index contributed by atoms with van der Waals surface area (Å²) in [5.41, 5.74) is -0.454. The summed E-state index contributed by atoms with van der Waals surface area (Å²) in [6.07, 6.45) is 5.32. The number of carbonyl (C=O) groups excluding carboxylic acids is 1. The third kappa shape index (κ3) is 10.7. The zero-order valence-electron chi connectivity index (χ0n) is 9.63. The third-order valence-corrected chi connectivity index (χ3v) is 1.32. The molecule has 0 unspecified atom stereocenters. The van der Waals surface area contributed by atoms with E-state index in [1.807, 2.05) is 20.8 Å². The van der Waals surface area contributed by atoms with Crippen LogP contribution < -0.4 is 5.32 Å². The fourth-order valence-corrected chi connectivity index (χ4v) is 0.810. The van der Waals surface area contributed by atoms with E-state index in [-0.39, 0.29) is 0 Å². The van der Waals surface area contributed by atoms with Gasteiger partial charge in [0, 0.05) is 13.2 Å². The second-order valence-electron chi connectivity index (χ2n) is 4.04. The van der Waals surface area contributed by atoms with Crippen molar-refractivity contribution < 1.29 is 14.3 Å². The highest BCUT2D eigenvalue weighted by Crippen LogP contribution is 2.06. The Morgan fingerprint density at radius 3 is 2.67 bits per heavy atom. The summed E-state index contributed by atoms with van der Waals surface area (Å²) in [5.74, 6) is 2.36. The van der Waals surface area contributed by atoms with Gasteiger partial charge in [0.1, 0.15) is 12.2 Å². The van der Waals surface area contributed by atoms with Gasteiger partial charge < -0.3 is 14.8 Å². The molecule has 0 saturated heterocycles. The Kier molecular flexibility index (Phi) is 6.56. The Morgan fingerprint density at radius 1 is 1.47 bits per heavy atom. The molecule has 0 spiro atoms. The molecule has 0 aromatic rings. The monoisotopic (exact) mass is 213 g/mol. The Hall–Kier alpha value is -1.21. The number of amides is 1. The van der Waals surface area contributed by atoms with Crippen LogP contribution in [0.2, 0.25) is 0 Å². The molecule has 0 aromatic heterocycles. The van der Waals surface area contributed by atoms with Gasteiger partial charge in [0.2, 0.25) is 0 Å². The van der Waals surface area contributed by atoms with Crippen molar-refractivity contribution in [3.8, 4) is 12.3 Å². The molecular formula is C11H19NO3. The van der Waals surface area contributed by atoms with Gasteiger partial charge in [-0.05, 0) is 27.2 Å². The molecule has 0 radical (unpaired) electrons. The first-order valence-electron chi connectivity index (χ1n) is 4.94. The van der Waals surface area contributed by atoms with Crippen molar-refractivity contribution in [1.29, 1.82) is 0 Å². The highest BCUT2D eigenvalue weighted by atomic mass is 16.6. The molecule has 0 aliphatic carbocycles. The Bertz CT molecular complexity index is 225. The molecule has 0 aromatic carbocycles. The predicted octanol–water partition coefficient (Wildman–Crippen LogP) is 1.55. The number of hydrogen-bond acceptors (Lipinski definition) is 3. The normalized spacial score (nSPS) is 10.5. The maximum atomic E-state index is 11.1. The van der Waals surface area contributed by atoms with Crippen molar-refractivity contribution in [2.75, 3.05) is 19.8 Å². The largest absolute Gasteiger partial charge is 0.444 e. The Morgan fingerprint density at radius 2 is 2.13 bits per heavy atom. The molecule has 0 aliphatic heterocycles. The van der Waals surface area contributed by atoms with Crippen LogP contribution in [0, 0.1) is 12.3 Å². The van der Waals surface area contributed by atoms with Crippen LogP contribution in [0.1, 0.15) is 27.2 Å². The first-order chi connectivity index (χ1) is 6.95. The third-order valence-electron chi connectivity index (χ3n) is 1.32. The van der Waals surface area contributed by atoms with Crippen LogP contribution >= 0.6 is 0 Å². The lowest BCUT2D eigenvalue weighted by Gasteiger charge is -2.19. The van der Waals surface area contributed by atoms with E-state index in [2.05, 4.69) is 11.2 Å². The zero-order chi connectivity index (χ0) is 11.7. The van der Waals surface area contributed by atoms with E-state index in [1.165, 1.54) is 0 Å². The highest BCUT2D eigenvalue weighted by molar-refractivity contribution is 5.67. The minimum Gasteiger partial charge on any atom is -0.444 e. The lowest BCUT2D eigenvalue weighted by molar-refractivity contribution is 0.0522. The number of carbonyl (C=O) groups is 1. The molecule has 0 atom stereocenters. The minimum atomic E-state index is -0.454. The fourth-order valence-electron chi connectivity index (χ4n) is 0.810. The molecule has 4 heteroatoms. The standard InChI is InChI=1S/C11H19NO3/c1-5-8-14-9-6-7-12-10(13)15-11(2,3)4/h1H,6-9H2,2-4H3,(H,12,13). The van der Waals surface area contributed by atoms with Gasteiger partial charge in [0.25, 0.3) is 0 Å². The lowest BCUT2D eigenvalue weighted by atomic mass is 10.2. The van der Waals surface area contributed by atoms with E-state index in [4.69, 9.17) is 15.9 Å². The number of alkyl carbamates (subject to hydrolysis) is 1. The summed E-state index contributed by atoms with van der Waals surface area (Å²) in [4.78, 5) is 11.1. The van der Waals surface area contributed by atoms with E-state index in [9.17, 15) is 4.79 Å². The number of hydrogen-bond donors (Lipinski definition) is 1. The number of ether oxygens (including phenoxy) is 2. The quantitative estimate of drug-likeness (QED) is 0.557. The molecule has 1 amide bonds. The van der Waals surface area contributed by atoms with Crippen molar-refractivity contribution in [1.82, 2.24) is 5.32 Å². The molecule has 0 rings (SSSR count). The van der Waals surface area contributed by atoms with Crippen molar-refractivity contribution >= 4 is 6.09 Å². The summed E-state index contributed by atoms with van der Waals surface area (Å²) in [5, 5.41) is 2.62. The van der Waals surface area contributed by atoms with Gasteiger partial charge in [-0.15, -0.1) is 6.42 Å². The predicted molar refractivity (Wildman–Crippen MR) is 58.5 cm³/mol. The molecule has 86 valence electrons. The Labute approximate surface area is 91.3 Å². The maximum Gasteiger partial charge on any atom is 0.407 e. The van der Waals surface area contributed by atoms with Crippen LogP contribution in [0.5, 0.6) is 0 Å². The van der Waals surface area contributed by atoms with Crippen LogP contribution in [0.4, 0.5) is 4.79 Å². The van der Waals surface area contributed by atoms with Crippen molar-refractivity contribution in [2.45, 2.75) is 32.8 Å². The lowest BCUT2D eigenvalue weighted by Crippen LogP contribution is -2.33. The molecule has 0 bridgehead atoms. The molecule has 0 saturated carbocycles. The van der Waals surface area contributed by atoms with Crippen LogP contribution in [0.25, 0.3) is 0 Å². The van der Waals surface area contributed by atoms with Gasteiger partial charge >= 0.3 is 6.09 Å². The average Bonchev–Trinajstić information content (AvgIpc) is 2.08. The average molecular weight is 213 g/mol. The zero-order valence-corrected chi connectivity index (χ0v) is 9.63. The smallest absolute Gasteiger partial charge is 0.407 e. The van der Waals surface area contributed by atoms with Gasteiger partial charge in [0.15, 0.2) is 0 Å². The second-order valence-corrected chi connectivity index (χ2v) is 4.04. The SMILES string of the molecule is C#CCOCCCNC(=O)OC(C)(C)C. The maximum absolute atomic E-state index is 11.1. The second kappa shape index (κ2) is 7.13. The van der Waals surface area contributed by atoms with E-state index < -0.39 is 11.7 Å². The van der Waals surface area contributed by atoms with Gasteiger partial charge in [-0.1, -0.05) is 5.92 Å². The van der Waals surface area contributed by atoms with E-state index >= 15 is 0 Å². The van der Waals surface area contributed by atoms with E-state index in [0.717, 1.165) is 6.42 Å². The number of nitrogens with one attached hydrogen (secondary N) is 1. The topological polar surface area (TPSA) is 47.6 Å². The van der Waals surface area contributed by atoms with Crippen LogP contribution in [-0.4, -0.2) is 31.5 Å². The summed E-state index contributed by atoms with van der Waals surface area (Å²) in [6, 6.07) is 0. The summed E-state index contributed by atoms with van der Waals surface area (Å²) in [7, 11) is 0. The fraction of sp³-hybridized carbons (Fsp3) is 0.727. The first kappa shape index (κ1) is 13.8. The number of rotatable bonds is 5. The minimum absolute atomic E-state index is 0.312. The van der Waals surface area contributed by atoms with E-state index in [0.29, 0.717) is 19.8 Å². The highest BCUT2D eigenvalue weighted by Gasteiger charge is 2.15. The van der Waals surface area contributed by atoms with Gasteiger partial charge in [-0.2, -0.15) is 0 Å². The molecular weight excluding hydrogens is 194 g/mol. The summed E-state index contributed by atoms with van der Waals surface area (Å²) >= 11 is 0. The molecule has 0 aliphatic rings. The van der Waals surface area contributed by atoms with Crippen molar-refractivity contribution in [3.63, 3.8) is 0 Å². The summed E-state index contributed by atoms with van der Waals surface area (Å²) in [6.45, 7) is 6.85. The van der Waals surface area contributed by atoms with Crippen LogP contribution in [0.3, 0.4) is 0 Å². The molecule has 1 N–H and O–H groups in total. The van der Waals surface area contributed by atoms with Crippen LogP contribution in [0.15, 0.2) is 0 Å². The molecule has 4 nitrogen and oxygen atoms in total. The van der Waals surface area contributed by atoms with Gasteiger partial charge in [-0.25, -0.2) is 4.79 Å². The molecule has 0 heterocycles. The van der Waals surface area contributed by atoms with Crippen molar-refractivity contribution in [3.05, 3.63) is 0 Å². The number of terminal acetylenes is 1. The Balaban J connectivity index is 3.37. The van der Waals surface area contributed by atoms with Gasteiger partial charge in [-0.3, -0.25) is 0 Å². The molecule has 0 fully saturated rings. The van der Waals surface area contributed by atoms with Gasteiger partial charge in [0.05, 0.1) is 0 Å². The van der Waals surface area contributed by atoms with E-state index in [1.54, 1.807) is 0 Å². The first-order valence-corrected chi connectivity index (χ1v) is 4.94. The van der Waals surface area contributed by atoms with Crippen LogP contribution in [-0.2, 0) is 9.47 Å². The summed E-state index contributed by atoms with van der Waals surface area (Å²) < 4.78 is 10.1. The molecule has 15 heavy (non-hydrogen) atoms. The van der Waals surface area contributed by atoms with Crippen molar-refractivity contribution in [2.24, 2.45) is 0 Å².